The van der Waals surface area contributed by atoms with E-state index in [0.717, 1.165) is 12.8 Å². The number of halogens is 2. The van der Waals surface area contributed by atoms with Gasteiger partial charge in [0.25, 0.3) is 0 Å². The van der Waals surface area contributed by atoms with E-state index < -0.39 is 18.9 Å². The van der Waals surface area contributed by atoms with Crippen molar-refractivity contribution in [1.29, 1.82) is 0 Å². The summed E-state index contributed by atoms with van der Waals surface area (Å²) in [6, 6.07) is 26.2. The van der Waals surface area contributed by atoms with Gasteiger partial charge in [-0.05, 0) is 10.8 Å². The number of hydrogen-bond donors (Lipinski definition) is 0. The summed E-state index contributed by atoms with van der Waals surface area (Å²) in [5, 5.41) is 5.57. The molecule has 0 amide bonds. The molecule has 172 valence electrons. The molecule has 0 fully saturated rings. The Morgan fingerprint density at radius 3 is 1.31 bits per heavy atom. The van der Waals surface area contributed by atoms with Crippen LogP contribution in [0.4, 0.5) is 0 Å². The molecule has 0 aliphatic rings. The summed E-state index contributed by atoms with van der Waals surface area (Å²) in [4.78, 5) is 0. The fraction of sp³-hybridized carbons (Fsp3) is 0.345. The molecule has 0 unspecified atom stereocenters. The van der Waals surface area contributed by atoms with Crippen LogP contribution in [0.5, 0.6) is 0 Å². The summed E-state index contributed by atoms with van der Waals surface area (Å²) in [6.45, 7) is 13.7. The first-order valence-corrected chi connectivity index (χ1v) is 19.2. The van der Waals surface area contributed by atoms with Crippen LogP contribution in [0.2, 0.25) is 0 Å². The number of benzene rings is 2. The fourth-order valence-electron chi connectivity index (χ4n) is 3.88. The van der Waals surface area contributed by atoms with Gasteiger partial charge in [0.1, 0.15) is 0 Å². The second kappa shape index (κ2) is 11.9. The van der Waals surface area contributed by atoms with Crippen molar-refractivity contribution in [3.8, 4) is 0 Å². The molecule has 0 radical (unpaired) electrons. The van der Waals surface area contributed by atoms with Gasteiger partial charge in [0.05, 0.1) is 0 Å². The second-order valence-corrected chi connectivity index (χ2v) is 18.9. The molecule has 0 aliphatic heterocycles. The topological polar surface area (TPSA) is 0 Å². The minimum atomic E-state index is -1.85. The van der Waals surface area contributed by atoms with E-state index in [1.54, 1.807) is 0 Å². The van der Waals surface area contributed by atoms with Crippen molar-refractivity contribution in [1.82, 2.24) is 0 Å². The molecule has 0 atom stereocenters. The average molecular weight is 547 g/mol. The van der Waals surface area contributed by atoms with E-state index >= 15 is 0 Å². The third kappa shape index (κ3) is 9.47. The Morgan fingerprint density at radius 1 is 0.688 bits per heavy atom. The molecular formula is C29H36Cl2Zr-2. The van der Waals surface area contributed by atoms with Gasteiger partial charge >= 0.3 is 40.1 Å². The molecule has 3 heteroatoms. The second-order valence-electron chi connectivity index (χ2n) is 10.7. The molecule has 0 bridgehead atoms. The first kappa shape index (κ1) is 27.2. The predicted molar refractivity (Wildman–Crippen MR) is 144 cm³/mol. The zero-order valence-electron chi connectivity index (χ0n) is 20.3. The molecule has 0 spiro atoms. The molecule has 32 heavy (non-hydrogen) atoms. The van der Waals surface area contributed by atoms with Gasteiger partial charge in [-0.3, -0.25) is 0 Å². The Morgan fingerprint density at radius 2 is 1.00 bits per heavy atom. The van der Waals surface area contributed by atoms with Gasteiger partial charge in [0.2, 0.25) is 0 Å². The minimum absolute atomic E-state index is 0.372. The van der Waals surface area contributed by atoms with Crippen LogP contribution in [-0.4, -0.2) is 4.21 Å². The zero-order chi connectivity index (χ0) is 23.9. The number of fused-ring (bicyclic) bond motifs is 2. The Kier molecular flexibility index (Phi) is 10.1. The molecule has 4 rings (SSSR count). The van der Waals surface area contributed by atoms with Crippen molar-refractivity contribution < 1.29 is 18.9 Å². The Balaban J connectivity index is 0.000000195. The molecule has 0 aliphatic carbocycles. The molecule has 0 aromatic heterocycles. The van der Waals surface area contributed by atoms with Gasteiger partial charge in [-0.1, -0.05) is 66.5 Å². The monoisotopic (exact) mass is 544 g/mol. The van der Waals surface area contributed by atoms with E-state index in [9.17, 15) is 0 Å². The first-order chi connectivity index (χ1) is 14.9. The van der Waals surface area contributed by atoms with Crippen LogP contribution in [0.15, 0.2) is 72.8 Å². The van der Waals surface area contributed by atoms with Crippen molar-refractivity contribution in [2.75, 3.05) is 0 Å². The van der Waals surface area contributed by atoms with Crippen LogP contribution < -0.4 is 0 Å². The summed E-state index contributed by atoms with van der Waals surface area (Å²) in [7, 11) is 10.3. The first-order valence-electron chi connectivity index (χ1n) is 11.1. The standard InChI is InChI=1S/2C14H17.CH2.2ClH.Zr/c2*1-14(2,3)10-12-9-8-11-6-4-5-7-13(11)12;;;;/h2*4-9H,10H2,1-3H3;1H2;2*1H;/q2*-1;;;;+2/p-2. The van der Waals surface area contributed by atoms with Gasteiger partial charge in [-0.25, -0.2) is 0 Å². The third-order valence-electron chi connectivity index (χ3n) is 4.98. The zero-order valence-corrected chi connectivity index (χ0v) is 24.3. The van der Waals surface area contributed by atoms with E-state index in [2.05, 4.69) is 119 Å². The normalized spacial score (nSPS) is 11.5. The van der Waals surface area contributed by atoms with Crippen LogP contribution in [-0.2, 0) is 31.7 Å². The molecular weight excluding hydrogens is 510 g/mol. The SMILES string of the molecule is CC(C)(C)Cc1c[cH-]c2ccccc12.CC(C)(C)Cc1c[cH-]c2ccccc12.[CH2]=[Zr]([Cl])[Cl]. The molecule has 0 saturated carbocycles. The van der Waals surface area contributed by atoms with Crippen LogP contribution in [0.25, 0.3) is 21.5 Å². The van der Waals surface area contributed by atoms with E-state index in [1.807, 2.05) is 0 Å². The Labute approximate surface area is 209 Å². The van der Waals surface area contributed by atoms with Crippen LogP contribution >= 0.6 is 17.0 Å². The quantitative estimate of drug-likeness (QED) is 0.220. The molecule has 0 heterocycles. The van der Waals surface area contributed by atoms with Crippen molar-refractivity contribution >= 4 is 42.8 Å². The van der Waals surface area contributed by atoms with Crippen molar-refractivity contribution in [2.24, 2.45) is 10.8 Å². The molecule has 0 N–H and O–H groups in total. The molecule has 4 aromatic rings. The van der Waals surface area contributed by atoms with Crippen LogP contribution in [0, 0.1) is 10.8 Å². The average Bonchev–Trinajstić information content (AvgIpc) is 3.24. The van der Waals surface area contributed by atoms with Crippen molar-refractivity contribution in [2.45, 2.75) is 54.4 Å². The van der Waals surface area contributed by atoms with Crippen molar-refractivity contribution in [3.63, 3.8) is 0 Å². The van der Waals surface area contributed by atoms with E-state index in [4.69, 9.17) is 17.0 Å². The van der Waals surface area contributed by atoms with Crippen LogP contribution in [0.3, 0.4) is 0 Å². The Hall–Kier alpha value is -1.01. The molecule has 0 saturated heterocycles. The van der Waals surface area contributed by atoms with E-state index in [1.165, 1.54) is 32.7 Å². The molecule has 4 aromatic carbocycles. The fourth-order valence-corrected chi connectivity index (χ4v) is 3.88. The van der Waals surface area contributed by atoms with Gasteiger partial charge in [-0.15, -0.1) is 82.2 Å². The summed E-state index contributed by atoms with van der Waals surface area (Å²) in [5.74, 6) is 0. The van der Waals surface area contributed by atoms with E-state index in [-0.39, 0.29) is 0 Å². The predicted octanol–water partition coefficient (Wildman–Crippen LogP) is 9.64. The van der Waals surface area contributed by atoms with Crippen LogP contribution in [0.1, 0.15) is 52.7 Å². The molecule has 0 nitrogen and oxygen atoms in total. The number of rotatable bonds is 2. The van der Waals surface area contributed by atoms with Gasteiger partial charge in [-0.2, -0.15) is 11.1 Å². The summed E-state index contributed by atoms with van der Waals surface area (Å²) < 4.78 is 3.37. The summed E-state index contributed by atoms with van der Waals surface area (Å²) in [6.07, 6.45) is 2.31. The van der Waals surface area contributed by atoms with Gasteiger partial charge in [0.15, 0.2) is 0 Å². The Bertz CT molecular complexity index is 1040. The van der Waals surface area contributed by atoms with Gasteiger partial charge < -0.3 is 0 Å². The third-order valence-corrected chi connectivity index (χ3v) is 4.98. The maximum absolute atomic E-state index is 5.13. The maximum atomic E-state index is 5.13. The van der Waals surface area contributed by atoms with Gasteiger partial charge in [0, 0.05) is 0 Å². The summed E-state index contributed by atoms with van der Waals surface area (Å²) >= 11 is -1.85. The van der Waals surface area contributed by atoms with Crippen molar-refractivity contribution in [3.05, 3.63) is 83.9 Å². The number of hydrogen-bond acceptors (Lipinski definition) is 0. The van der Waals surface area contributed by atoms with E-state index in [0.29, 0.717) is 10.8 Å². The summed E-state index contributed by atoms with van der Waals surface area (Å²) in [5.41, 5.74) is 3.70.